The number of rotatable bonds is 17. The quantitative estimate of drug-likeness (QED) is 0.120. The van der Waals surface area contributed by atoms with Crippen LogP contribution in [0.5, 0.6) is 0 Å². The summed E-state index contributed by atoms with van der Waals surface area (Å²) in [6.45, 7) is 2.26. The minimum atomic E-state index is -4.68. The highest BCUT2D eigenvalue weighted by Gasteiger charge is 2.13. The topological polar surface area (TPSA) is 60.2 Å². The second-order valence-corrected chi connectivity index (χ2v) is 10.1. The van der Waals surface area contributed by atoms with Crippen LogP contribution < -0.4 is 5.73 Å². The number of halogens is 1. The van der Waals surface area contributed by atoms with E-state index in [1.54, 1.807) is 17.8 Å². The predicted molar refractivity (Wildman–Crippen MR) is 120 cm³/mol. The van der Waals surface area contributed by atoms with E-state index in [1.165, 1.54) is 95.6 Å². The first kappa shape index (κ1) is 25.3. The van der Waals surface area contributed by atoms with Crippen LogP contribution in [0.15, 0.2) is 28.0 Å². The standard InChI is InChI=1S/C22H38FNO2S2/c1-2-3-4-5-6-7-8-9-10-11-12-13-14-15-18-27-22-17-16-20(19-21(22)24)28(23,25)26/h16-17,19H,2-15,18,24H2,1H3. The van der Waals surface area contributed by atoms with E-state index >= 15 is 0 Å². The van der Waals surface area contributed by atoms with E-state index in [4.69, 9.17) is 5.73 Å². The third-order valence-electron chi connectivity index (χ3n) is 5.02. The van der Waals surface area contributed by atoms with Crippen molar-refractivity contribution in [3.05, 3.63) is 18.2 Å². The molecule has 0 spiro atoms. The van der Waals surface area contributed by atoms with E-state index in [0.29, 0.717) is 5.69 Å². The van der Waals surface area contributed by atoms with Gasteiger partial charge in [0.05, 0.1) is 0 Å². The zero-order valence-electron chi connectivity index (χ0n) is 17.4. The van der Waals surface area contributed by atoms with Gasteiger partial charge in [-0.2, -0.15) is 8.42 Å². The Bertz CT molecular complexity index is 635. The molecule has 0 aliphatic carbocycles. The minimum Gasteiger partial charge on any atom is -0.398 e. The highest BCUT2D eigenvalue weighted by molar-refractivity contribution is 7.99. The van der Waals surface area contributed by atoms with E-state index in [0.717, 1.165) is 17.1 Å². The summed E-state index contributed by atoms with van der Waals surface area (Å²) in [5.41, 5.74) is 6.15. The van der Waals surface area contributed by atoms with Crippen molar-refractivity contribution in [1.29, 1.82) is 0 Å². The summed E-state index contributed by atoms with van der Waals surface area (Å²) in [5.74, 6) is 0.948. The molecular formula is C22H38FNO2S2. The maximum atomic E-state index is 12.9. The van der Waals surface area contributed by atoms with Crippen LogP contribution in [0, 0.1) is 0 Å². The van der Waals surface area contributed by atoms with Crippen LogP contribution >= 0.6 is 11.8 Å². The molecule has 0 amide bonds. The lowest BCUT2D eigenvalue weighted by molar-refractivity contribution is 0.538. The molecule has 6 heteroatoms. The Morgan fingerprint density at radius 1 is 0.821 bits per heavy atom. The van der Waals surface area contributed by atoms with E-state index in [1.807, 2.05) is 0 Å². The van der Waals surface area contributed by atoms with Crippen molar-refractivity contribution in [2.75, 3.05) is 11.5 Å². The Morgan fingerprint density at radius 2 is 1.29 bits per heavy atom. The third-order valence-corrected chi connectivity index (χ3v) is 7.01. The first-order chi connectivity index (χ1) is 13.4. The normalized spacial score (nSPS) is 11.8. The zero-order valence-corrected chi connectivity index (χ0v) is 19.1. The van der Waals surface area contributed by atoms with Gasteiger partial charge in [-0.15, -0.1) is 15.6 Å². The van der Waals surface area contributed by atoms with Crippen molar-refractivity contribution in [3.8, 4) is 0 Å². The van der Waals surface area contributed by atoms with Crippen LogP contribution in [0.3, 0.4) is 0 Å². The second-order valence-electron chi connectivity index (χ2n) is 7.58. The summed E-state index contributed by atoms with van der Waals surface area (Å²) in [7, 11) is -4.68. The number of thioether (sulfide) groups is 1. The number of hydrogen-bond donors (Lipinski definition) is 1. The molecule has 0 aromatic heterocycles. The molecule has 28 heavy (non-hydrogen) atoms. The smallest absolute Gasteiger partial charge is 0.332 e. The Labute approximate surface area is 176 Å². The minimum absolute atomic E-state index is 0.328. The molecule has 0 unspecified atom stereocenters. The van der Waals surface area contributed by atoms with Gasteiger partial charge in [0.2, 0.25) is 0 Å². The summed E-state index contributed by atoms with van der Waals surface area (Å²) in [6, 6.07) is 4.07. The van der Waals surface area contributed by atoms with E-state index in [9.17, 15) is 12.3 Å². The Kier molecular flexibility index (Phi) is 13.7. The number of nitrogens with two attached hydrogens (primary N) is 1. The number of anilines is 1. The van der Waals surface area contributed by atoms with Crippen molar-refractivity contribution in [2.45, 2.75) is 107 Å². The lowest BCUT2D eigenvalue weighted by atomic mass is 10.0. The predicted octanol–water partition coefficient (Wildman–Crippen LogP) is 7.50. The number of hydrogen-bond acceptors (Lipinski definition) is 4. The Hall–Kier alpha value is -0.750. The van der Waals surface area contributed by atoms with Crippen LogP contribution in [0.1, 0.15) is 96.8 Å². The molecular weight excluding hydrogens is 393 g/mol. The SMILES string of the molecule is CCCCCCCCCCCCCCCCSc1ccc(S(=O)(=O)F)cc1N. The molecule has 2 N–H and O–H groups in total. The second kappa shape index (κ2) is 15.1. The summed E-state index contributed by atoms with van der Waals surface area (Å²) >= 11 is 1.61. The molecule has 0 saturated carbocycles. The van der Waals surface area contributed by atoms with E-state index in [-0.39, 0.29) is 4.90 Å². The van der Waals surface area contributed by atoms with Gasteiger partial charge in [0.15, 0.2) is 0 Å². The van der Waals surface area contributed by atoms with Crippen molar-refractivity contribution >= 4 is 27.7 Å². The molecule has 1 aromatic rings. The number of benzene rings is 1. The highest BCUT2D eigenvalue weighted by Crippen LogP contribution is 2.29. The van der Waals surface area contributed by atoms with Crippen LogP contribution in [-0.4, -0.2) is 14.2 Å². The average molecular weight is 432 g/mol. The number of nitrogen functional groups attached to an aromatic ring is 1. The molecule has 0 atom stereocenters. The zero-order chi connectivity index (χ0) is 20.7. The Balaban J connectivity index is 1.96. The van der Waals surface area contributed by atoms with Crippen LogP contribution in [0.25, 0.3) is 0 Å². The summed E-state index contributed by atoms with van der Waals surface area (Å²) in [6.07, 6.45) is 18.7. The molecule has 0 heterocycles. The highest BCUT2D eigenvalue weighted by atomic mass is 32.3. The van der Waals surface area contributed by atoms with Gasteiger partial charge < -0.3 is 5.73 Å². The fourth-order valence-corrected chi connectivity index (χ4v) is 4.74. The monoisotopic (exact) mass is 431 g/mol. The van der Waals surface area contributed by atoms with Crippen LogP contribution in [0.2, 0.25) is 0 Å². The van der Waals surface area contributed by atoms with Crippen molar-refractivity contribution in [3.63, 3.8) is 0 Å². The first-order valence-electron chi connectivity index (χ1n) is 10.9. The molecule has 0 radical (unpaired) electrons. The third kappa shape index (κ3) is 11.9. The van der Waals surface area contributed by atoms with Gasteiger partial charge in [0.1, 0.15) is 4.90 Å². The van der Waals surface area contributed by atoms with Gasteiger partial charge >= 0.3 is 10.2 Å². The van der Waals surface area contributed by atoms with Crippen LogP contribution in [0.4, 0.5) is 9.57 Å². The fraction of sp³-hybridized carbons (Fsp3) is 0.727. The Morgan fingerprint density at radius 3 is 1.71 bits per heavy atom. The lowest BCUT2D eigenvalue weighted by Crippen LogP contribution is -1.96. The number of unbranched alkanes of at least 4 members (excludes halogenated alkanes) is 13. The average Bonchev–Trinajstić information content (AvgIpc) is 2.65. The lowest BCUT2D eigenvalue weighted by Gasteiger charge is -2.07. The van der Waals surface area contributed by atoms with Gasteiger partial charge in [-0.1, -0.05) is 90.4 Å². The largest absolute Gasteiger partial charge is 0.398 e. The molecule has 0 saturated heterocycles. The maximum absolute atomic E-state index is 12.9. The van der Waals surface area contributed by atoms with Gasteiger partial charge in [-0.05, 0) is 30.4 Å². The van der Waals surface area contributed by atoms with Crippen molar-refractivity contribution < 1.29 is 12.3 Å². The molecule has 1 rings (SSSR count). The molecule has 1 aromatic carbocycles. The van der Waals surface area contributed by atoms with Crippen molar-refractivity contribution in [1.82, 2.24) is 0 Å². The summed E-state index contributed by atoms with van der Waals surface area (Å²) in [4.78, 5) is 0.452. The van der Waals surface area contributed by atoms with Crippen LogP contribution in [-0.2, 0) is 10.2 Å². The fourth-order valence-electron chi connectivity index (χ4n) is 3.29. The van der Waals surface area contributed by atoms with E-state index in [2.05, 4.69) is 6.92 Å². The maximum Gasteiger partial charge on any atom is 0.332 e. The molecule has 162 valence electrons. The summed E-state index contributed by atoms with van der Waals surface area (Å²) in [5, 5.41) is 0. The molecule has 0 bridgehead atoms. The molecule has 3 nitrogen and oxygen atoms in total. The van der Waals surface area contributed by atoms with Gasteiger partial charge in [0, 0.05) is 10.6 Å². The van der Waals surface area contributed by atoms with Crippen molar-refractivity contribution in [2.24, 2.45) is 0 Å². The van der Waals surface area contributed by atoms with Gasteiger partial charge in [-0.25, -0.2) is 0 Å². The summed E-state index contributed by atoms with van der Waals surface area (Å²) < 4.78 is 34.7. The first-order valence-corrected chi connectivity index (χ1v) is 13.3. The molecule has 0 aliphatic heterocycles. The van der Waals surface area contributed by atoms with Gasteiger partial charge in [-0.3, -0.25) is 0 Å². The van der Waals surface area contributed by atoms with E-state index < -0.39 is 10.2 Å². The molecule has 0 fully saturated rings. The molecule has 0 aliphatic rings. The van der Waals surface area contributed by atoms with Gasteiger partial charge in [0.25, 0.3) is 0 Å².